The predicted octanol–water partition coefficient (Wildman–Crippen LogP) is -0.606. The van der Waals surface area contributed by atoms with Crippen LogP contribution in [0.2, 0.25) is 0 Å². The lowest BCUT2D eigenvalue weighted by atomic mass is 10.3. The Kier molecular flexibility index (Phi) is 1.71. The zero-order valence-corrected chi connectivity index (χ0v) is 5.92. The SMILES string of the molecule is CC(C)N1CC[NH2+]C1=O. The van der Waals surface area contributed by atoms with Gasteiger partial charge in [0.05, 0.1) is 6.54 Å². The van der Waals surface area contributed by atoms with Gasteiger partial charge in [0, 0.05) is 6.04 Å². The first kappa shape index (κ1) is 6.55. The highest BCUT2D eigenvalue weighted by Crippen LogP contribution is 1.97. The first-order valence-corrected chi connectivity index (χ1v) is 3.35. The summed E-state index contributed by atoms with van der Waals surface area (Å²) in [6.07, 6.45) is 0. The van der Waals surface area contributed by atoms with Gasteiger partial charge < -0.3 is 0 Å². The molecule has 1 aliphatic rings. The zero-order chi connectivity index (χ0) is 6.85. The van der Waals surface area contributed by atoms with Crippen LogP contribution in [0.4, 0.5) is 4.79 Å². The summed E-state index contributed by atoms with van der Waals surface area (Å²) in [5.74, 6) is 0. The molecule has 2 amide bonds. The van der Waals surface area contributed by atoms with Gasteiger partial charge in [0.15, 0.2) is 0 Å². The molecule has 0 spiro atoms. The van der Waals surface area contributed by atoms with Crippen LogP contribution in [0.15, 0.2) is 0 Å². The lowest BCUT2D eigenvalue weighted by molar-refractivity contribution is -0.540. The quantitative estimate of drug-likeness (QED) is 0.504. The number of urea groups is 1. The molecule has 0 aromatic carbocycles. The van der Waals surface area contributed by atoms with E-state index in [4.69, 9.17) is 0 Å². The molecule has 0 unspecified atom stereocenters. The number of hydrogen-bond donors (Lipinski definition) is 1. The van der Waals surface area contributed by atoms with Gasteiger partial charge in [-0.2, -0.15) is 0 Å². The van der Waals surface area contributed by atoms with Crippen LogP contribution in [0.3, 0.4) is 0 Å². The van der Waals surface area contributed by atoms with Crippen LogP contribution in [-0.2, 0) is 0 Å². The molecular formula is C6H13N2O+. The maximum atomic E-state index is 10.9. The highest BCUT2D eigenvalue weighted by Gasteiger charge is 2.26. The Bertz CT molecular complexity index is 122. The highest BCUT2D eigenvalue weighted by molar-refractivity contribution is 5.65. The molecule has 0 aliphatic carbocycles. The molecule has 0 saturated carbocycles. The molecule has 52 valence electrons. The number of carbonyl (C=O) groups excluding carboxylic acids is 1. The minimum absolute atomic E-state index is 0.199. The van der Waals surface area contributed by atoms with E-state index in [1.54, 1.807) is 5.32 Å². The van der Waals surface area contributed by atoms with E-state index in [0.29, 0.717) is 6.04 Å². The van der Waals surface area contributed by atoms with Crippen molar-refractivity contribution in [3.63, 3.8) is 0 Å². The Balaban J connectivity index is 2.49. The fourth-order valence-electron chi connectivity index (χ4n) is 1.07. The Morgan fingerprint density at radius 1 is 1.67 bits per heavy atom. The summed E-state index contributed by atoms with van der Waals surface area (Å²) < 4.78 is 0. The molecule has 1 saturated heterocycles. The Hall–Kier alpha value is -0.570. The molecule has 0 aromatic rings. The Morgan fingerprint density at radius 2 is 2.33 bits per heavy atom. The van der Waals surface area contributed by atoms with E-state index in [9.17, 15) is 4.79 Å². The molecule has 2 N–H and O–H groups in total. The van der Waals surface area contributed by atoms with Crippen molar-refractivity contribution < 1.29 is 10.1 Å². The third-order valence-electron chi connectivity index (χ3n) is 1.60. The fraction of sp³-hybridized carbons (Fsp3) is 0.833. The molecule has 0 atom stereocenters. The topological polar surface area (TPSA) is 36.9 Å². The molecule has 1 aliphatic heterocycles. The summed E-state index contributed by atoms with van der Waals surface area (Å²) in [6.45, 7) is 5.92. The van der Waals surface area contributed by atoms with Gasteiger partial charge in [-0.25, -0.2) is 4.79 Å². The van der Waals surface area contributed by atoms with Crippen molar-refractivity contribution in [1.82, 2.24) is 4.90 Å². The Labute approximate surface area is 55.0 Å². The van der Waals surface area contributed by atoms with Crippen LogP contribution in [0, 0.1) is 0 Å². The van der Waals surface area contributed by atoms with Gasteiger partial charge >= 0.3 is 6.03 Å². The second kappa shape index (κ2) is 2.35. The van der Waals surface area contributed by atoms with Crippen molar-refractivity contribution in [3.8, 4) is 0 Å². The second-order valence-corrected chi connectivity index (χ2v) is 2.62. The number of nitrogens with two attached hydrogens (primary N) is 1. The monoisotopic (exact) mass is 129 g/mol. The smallest absolute Gasteiger partial charge is 0.284 e. The van der Waals surface area contributed by atoms with Gasteiger partial charge in [-0.05, 0) is 13.8 Å². The maximum absolute atomic E-state index is 10.9. The molecule has 3 nitrogen and oxygen atoms in total. The van der Waals surface area contributed by atoms with Gasteiger partial charge in [-0.1, -0.05) is 0 Å². The first-order valence-electron chi connectivity index (χ1n) is 3.35. The van der Waals surface area contributed by atoms with Crippen molar-refractivity contribution in [3.05, 3.63) is 0 Å². The van der Waals surface area contributed by atoms with Gasteiger partial charge in [0.2, 0.25) is 0 Å². The van der Waals surface area contributed by atoms with Gasteiger partial charge in [0.25, 0.3) is 0 Å². The van der Waals surface area contributed by atoms with Gasteiger partial charge in [-0.15, -0.1) is 0 Å². The fourth-order valence-corrected chi connectivity index (χ4v) is 1.07. The van der Waals surface area contributed by atoms with Crippen molar-refractivity contribution in [2.24, 2.45) is 0 Å². The van der Waals surface area contributed by atoms with Gasteiger partial charge in [-0.3, -0.25) is 10.2 Å². The van der Waals surface area contributed by atoms with Crippen molar-refractivity contribution in [2.75, 3.05) is 13.1 Å². The lowest BCUT2D eigenvalue weighted by Gasteiger charge is -2.14. The average Bonchev–Trinajstić information content (AvgIpc) is 2.13. The summed E-state index contributed by atoms with van der Waals surface area (Å²) >= 11 is 0. The first-order chi connectivity index (χ1) is 4.22. The van der Waals surface area contributed by atoms with E-state index in [1.165, 1.54) is 0 Å². The normalized spacial score (nSPS) is 19.9. The maximum Gasteiger partial charge on any atom is 0.416 e. The summed E-state index contributed by atoms with van der Waals surface area (Å²) in [5.41, 5.74) is 0. The Morgan fingerprint density at radius 3 is 2.56 bits per heavy atom. The van der Waals surface area contributed by atoms with E-state index < -0.39 is 0 Å². The molecule has 0 aromatic heterocycles. The number of quaternary nitrogens is 1. The molecule has 9 heavy (non-hydrogen) atoms. The third-order valence-corrected chi connectivity index (χ3v) is 1.60. The van der Waals surface area contributed by atoms with Crippen LogP contribution < -0.4 is 5.32 Å². The van der Waals surface area contributed by atoms with Crippen LogP contribution in [-0.4, -0.2) is 30.1 Å². The number of carbonyl (C=O) groups is 1. The van der Waals surface area contributed by atoms with E-state index in [2.05, 4.69) is 0 Å². The molecule has 0 bridgehead atoms. The van der Waals surface area contributed by atoms with Crippen molar-refractivity contribution in [1.29, 1.82) is 0 Å². The second-order valence-electron chi connectivity index (χ2n) is 2.62. The summed E-state index contributed by atoms with van der Waals surface area (Å²) in [6, 6.07) is 0.571. The van der Waals surface area contributed by atoms with Gasteiger partial charge in [0.1, 0.15) is 6.54 Å². The summed E-state index contributed by atoms with van der Waals surface area (Å²) in [5, 5.41) is 1.75. The highest BCUT2D eigenvalue weighted by atomic mass is 16.2. The average molecular weight is 129 g/mol. The molecule has 1 heterocycles. The number of amides is 2. The molecule has 1 rings (SSSR count). The number of nitrogens with zero attached hydrogens (tertiary/aromatic N) is 1. The summed E-state index contributed by atoms with van der Waals surface area (Å²) in [4.78, 5) is 12.8. The standard InChI is InChI=1S/C6H12N2O/c1-5(2)8-4-3-7-6(8)9/h5H,3-4H2,1-2H3,(H,7,9)/p+1. The van der Waals surface area contributed by atoms with Crippen LogP contribution in [0.5, 0.6) is 0 Å². The number of primary amides is 1. The minimum Gasteiger partial charge on any atom is -0.284 e. The predicted molar refractivity (Wildman–Crippen MR) is 34.0 cm³/mol. The molecule has 0 radical (unpaired) electrons. The van der Waals surface area contributed by atoms with E-state index in [1.807, 2.05) is 18.7 Å². The van der Waals surface area contributed by atoms with Crippen LogP contribution >= 0.6 is 0 Å². The van der Waals surface area contributed by atoms with Crippen LogP contribution in [0.25, 0.3) is 0 Å². The molecular weight excluding hydrogens is 116 g/mol. The van der Waals surface area contributed by atoms with Crippen molar-refractivity contribution in [2.45, 2.75) is 19.9 Å². The zero-order valence-electron chi connectivity index (χ0n) is 5.92. The molecule has 3 heteroatoms. The van der Waals surface area contributed by atoms with E-state index >= 15 is 0 Å². The van der Waals surface area contributed by atoms with E-state index in [-0.39, 0.29) is 6.03 Å². The minimum atomic E-state index is 0.199. The number of hydrogen-bond acceptors (Lipinski definition) is 1. The van der Waals surface area contributed by atoms with Crippen molar-refractivity contribution >= 4 is 6.03 Å². The number of rotatable bonds is 1. The molecule has 1 fully saturated rings. The van der Waals surface area contributed by atoms with Crippen LogP contribution in [0.1, 0.15) is 13.8 Å². The summed E-state index contributed by atoms with van der Waals surface area (Å²) in [7, 11) is 0. The van der Waals surface area contributed by atoms with E-state index in [0.717, 1.165) is 13.1 Å². The third kappa shape index (κ3) is 1.21. The lowest BCUT2D eigenvalue weighted by Crippen LogP contribution is -2.85. The largest absolute Gasteiger partial charge is 0.416 e.